The number of nitrogens with zero attached hydrogens (tertiary/aromatic N) is 3. The molecule has 0 spiro atoms. The molecule has 1 N–H and O–H groups in total. The highest BCUT2D eigenvalue weighted by atomic mass is 16.2. The Morgan fingerprint density at radius 2 is 1.65 bits per heavy atom. The van der Waals surface area contributed by atoms with Crippen molar-refractivity contribution in [2.24, 2.45) is 5.10 Å². The van der Waals surface area contributed by atoms with Gasteiger partial charge in [0.2, 0.25) is 0 Å². The molecule has 0 amide bonds. The van der Waals surface area contributed by atoms with E-state index < -0.39 is 0 Å². The molecule has 98 valence electrons. The lowest BCUT2D eigenvalue weighted by molar-refractivity contribution is 0.842. The number of hydrogen-bond acceptors (Lipinski definition) is 3. The number of rotatable bonds is 3. The van der Waals surface area contributed by atoms with E-state index in [-0.39, 0.29) is 5.69 Å². The molecule has 0 saturated carbocycles. The van der Waals surface area contributed by atoms with Crippen molar-refractivity contribution in [2.45, 2.75) is 0 Å². The van der Waals surface area contributed by atoms with Crippen LogP contribution in [0, 0.1) is 0 Å². The number of aromatic nitrogens is 3. The third-order valence-corrected chi connectivity index (χ3v) is 2.80. The Morgan fingerprint density at radius 1 is 1.00 bits per heavy atom. The van der Waals surface area contributed by atoms with Gasteiger partial charge in [0.25, 0.3) is 0 Å². The summed E-state index contributed by atoms with van der Waals surface area (Å²) < 4.78 is 1.25. The highest BCUT2D eigenvalue weighted by Crippen LogP contribution is 2.13. The first-order valence-corrected chi connectivity index (χ1v) is 6.17. The number of nitrogens with one attached hydrogen (secondary N) is 1. The molecule has 0 aliphatic rings. The second-order valence-electron chi connectivity index (χ2n) is 4.19. The summed E-state index contributed by atoms with van der Waals surface area (Å²) in [6, 6.07) is 19.0. The summed E-state index contributed by atoms with van der Waals surface area (Å²) in [6.07, 6.45) is 1.63. The Labute approximate surface area is 115 Å². The predicted octanol–water partition coefficient (Wildman–Crippen LogP) is 2.12. The molecule has 0 saturated heterocycles. The summed E-state index contributed by atoms with van der Waals surface area (Å²) in [4.78, 5) is 11.8. The van der Waals surface area contributed by atoms with E-state index in [0.717, 1.165) is 11.1 Å². The lowest BCUT2D eigenvalue weighted by Gasteiger charge is -1.99. The lowest BCUT2D eigenvalue weighted by atomic mass is 10.2. The molecule has 0 unspecified atom stereocenters. The van der Waals surface area contributed by atoms with Gasteiger partial charge < -0.3 is 0 Å². The van der Waals surface area contributed by atoms with Crippen molar-refractivity contribution in [2.75, 3.05) is 0 Å². The molecule has 0 atom stereocenters. The van der Waals surface area contributed by atoms with E-state index in [0.29, 0.717) is 5.82 Å². The van der Waals surface area contributed by atoms with Crippen molar-refractivity contribution in [1.29, 1.82) is 0 Å². The van der Waals surface area contributed by atoms with Gasteiger partial charge in [-0.3, -0.25) is 0 Å². The summed E-state index contributed by atoms with van der Waals surface area (Å²) in [5.74, 6) is 0.489. The largest absolute Gasteiger partial charge is 0.364 e. The first-order chi connectivity index (χ1) is 9.84. The minimum atomic E-state index is -0.365. The van der Waals surface area contributed by atoms with Crippen LogP contribution < -0.4 is 5.69 Å². The van der Waals surface area contributed by atoms with Gasteiger partial charge in [0.15, 0.2) is 5.82 Å². The fourth-order valence-corrected chi connectivity index (χ4v) is 1.84. The third-order valence-electron chi connectivity index (χ3n) is 2.80. The van der Waals surface area contributed by atoms with E-state index in [4.69, 9.17) is 0 Å². The van der Waals surface area contributed by atoms with Crippen molar-refractivity contribution < 1.29 is 0 Å². The summed E-state index contributed by atoms with van der Waals surface area (Å²) >= 11 is 0. The number of H-pyrrole nitrogens is 1. The average molecular weight is 264 g/mol. The summed E-state index contributed by atoms with van der Waals surface area (Å²) in [5, 5.41) is 10.6. The van der Waals surface area contributed by atoms with Crippen molar-refractivity contribution in [3.63, 3.8) is 0 Å². The van der Waals surface area contributed by atoms with Gasteiger partial charge in [-0.05, 0) is 5.56 Å². The van der Waals surface area contributed by atoms with E-state index in [2.05, 4.69) is 15.3 Å². The average Bonchev–Trinajstić information content (AvgIpc) is 2.88. The Balaban J connectivity index is 2.01. The molecule has 0 aliphatic heterocycles. The van der Waals surface area contributed by atoms with Crippen LogP contribution in [0.15, 0.2) is 70.6 Å². The lowest BCUT2D eigenvalue weighted by Crippen LogP contribution is -2.13. The molecule has 5 nitrogen and oxygen atoms in total. The van der Waals surface area contributed by atoms with Crippen LogP contribution in [0.4, 0.5) is 0 Å². The van der Waals surface area contributed by atoms with E-state index in [1.54, 1.807) is 6.21 Å². The van der Waals surface area contributed by atoms with Crippen molar-refractivity contribution in [3.8, 4) is 11.4 Å². The quantitative estimate of drug-likeness (QED) is 0.736. The summed E-state index contributed by atoms with van der Waals surface area (Å²) in [5.41, 5.74) is 1.38. The van der Waals surface area contributed by atoms with E-state index in [9.17, 15) is 4.79 Å². The molecule has 2 aromatic carbocycles. The molecule has 0 radical (unpaired) electrons. The highest BCUT2D eigenvalue weighted by Gasteiger charge is 2.08. The van der Waals surface area contributed by atoms with Crippen LogP contribution in [0.1, 0.15) is 5.56 Å². The fraction of sp³-hybridized carbons (Fsp3) is 0. The Hall–Kier alpha value is -2.95. The van der Waals surface area contributed by atoms with Crippen molar-refractivity contribution >= 4 is 6.21 Å². The molecule has 0 bridgehead atoms. The number of aromatic amines is 1. The molecule has 1 heterocycles. The molecule has 3 aromatic rings. The van der Waals surface area contributed by atoms with Crippen LogP contribution in [-0.2, 0) is 0 Å². The van der Waals surface area contributed by atoms with Crippen LogP contribution in [0.3, 0.4) is 0 Å². The first kappa shape index (κ1) is 12.1. The molecular weight excluding hydrogens is 252 g/mol. The minimum Gasteiger partial charge on any atom is -0.244 e. The SMILES string of the molecule is O=c1[nH]nc(-c2ccccc2)n1/N=C\c1ccccc1. The van der Waals surface area contributed by atoms with E-state index in [1.165, 1.54) is 4.68 Å². The van der Waals surface area contributed by atoms with Gasteiger partial charge in [-0.15, -0.1) is 0 Å². The maximum Gasteiger partial charge on any atom is 0.364 e. The maximum absolute atomic E-state index is 11.8. The molecule has 20 heavy (non-hydrogen) atoms. The molecule has 5 heteroatoms. The Bertz CT molecular complexity index is 772. The summed E-state index contributed by atoms with van der Waals surface area (Å²) in [7, 11) is 0. The van der Waals surface area contributed by atoms with Crippen molar-refractivity contribution in [3.05, 3.63) is 76.7 Å². The van der Waals surface area contributed by atoms with Gasteiger partial charge >= 0.3 is 5.69 Å². The molecule has 0 aliphatic carbocycles. The first-order valence-electron chi connectivity index (χ1n) is 6.17. The minimum absolute atomic E-state index is 0.365. The molecule has 0 fully saturated rings. The predicted molar refractivity (Wildman–Crippen MR) is 77.7 cm³/mol. The molecular formula is C15H12N4O. The topological polar surface area (TPSA) is 63.0 Å². The van der Waals surface area contributed by atoms with Crippen LogP contribution in [-0.4, -0.2) is 21.1 Å². The fourth-order valence-electron chi connectivity index (χ4n) is 1.84. The zero-order valence-corrected chi connectivity index (χ0v) is 10.6. The highest BCUT2D eigenvalue weighted by molar-refractivity contribution is 5.79. The zero-order chi connectivity index (χ0) is 13.8. The van der Waals surface area contributed by atoms with Crippen LogP contribution in [0.2, 0.25) is 0 Å². The monoisotopic (exact) mass is 264 g/mol. The van der Waals surface area contributed by atoms with Crippen LogP contribution >= 0.6 is 0 Å². The summed E-state index contributed by atoms with van der Waals surface area (Å²) in [6.45, 7) is 0. The van der Waals surface area contributed by atoms with Gasteiger partial charge in [-0.1, -0.05) is 60.7 Å². The van der Waals surface area contributed by atoms with Crippen molar-refractivity contribution in [1.82, 2.24) is 14.9 Å². The van der Waals surface area contributed by atoms with Gasteiger partial charge in [-0.25, -0.2) is 9.89 Å². The standard InChI is InChI=1S/C15H12N4O/c20-15-18-17-14(13-9-5-2-6-10-13)19(15)16-11-12-7-3-1-4-8-12/h1-11H,(H,18,20)/b16-11-. The number of benzene rings is 2. The Morgan fingerprint density at radius 3 is 2.35 bits per heavy atom. The van der Waals surface area contributed by atoms with Gasteiger partial charge in [0.05, 0.1) is 6.21 Å². The van der Waals surface area contributed by atoms with Gasteiger partial charge in [-0.2, -0.15) is 14.9 Å². The number of hydrogen-bond donors (Lipinski definition) is 1. The third kappa shape index (κ3) is 2.42. The normalized spacial score (nSPS) is 11.0. The maximum atomic E-state index is 11.8. The van der Waals surface area contributed by atoms with Crippen LogP contribution in [0.25, 0.3) is 11.4 Å². The zero-order valence-electron chi connectivity index (χ0n) is 10.6. The second kappa shape index (κ2) is 5.36. The Kier molecular flexibility index (Phi) is 3.24. The van der Waals surface area contributed by atoms with E-state index >= 15 is 0 Å². The van der Waals surface area contributed by atoms with Gasteiger partial charge in [0.1, 0.15) is 0 Å². The molecule has 1 aromatic heterocycles. The second-order valence-corrected chi connectivity index (χ2v) is 4.19. The van der Waals surface area contributed by atoms with Gasteiger partial charge in [0, 0.05) is 5.56 Å². The van der Waals surface area contributed by atoms with E-state index in [1.807, 2.05) is 60.7 Å². The van der Waals surface area contributed by atoms with Crippen LogP contribution in [0.5, 0.6) is 0 Å². The molecule has 3 rings (SSSR count). The smallest absolute Gasteiger partial charge is 0.244 e.